The molecule has 0 rings (SSSR count). The molecule has 2 N–H and O–H groups in total. The van der Waals surface area contributed by atoms with E-state index in [1.165, 1.54) is 0 Å². The van der Waals surface area contributed by atoms with E-state index in [0.717, 1.165) is 0 Å². The van der Waals surface area contributed by atoms with Crippen LogP contribution in [-0.4, -0.2) is 26.0 Å². The summed E-state index contributed by atoms with van der Waals surface area (Å²) in [5.41, 5.74) is 5.64. The summed E-state index contributed by atoms with van der Waals surface area (Å²) in [6, 6.07) is 0.0804. The normalized spacial score (nSPS) is 16.9. The standard InChI is InChI=1S/C9H21NO2S/c1-4-6-13(11,12)7-5-8(2)9(3)10/h8-9H,4-7,10H2,1-3H3. The Labute approximate surface area is 81.6 Å². The van der Waals surface area contributed by atoms with E-state index >= 15 is 0 Å². The van der Waals surface area contributed by atoms with E-state index in [9.17, 15) is 8.42 Å². The van der Waals surface area contributed by atoms with Crippen molar-refractivity contribution in [2.24, 2.45) is 11.7 Å². The molecule has 2 unspecified atom stereocenters. The van der Waals surface area contributed by atoms with Gasteiger partial charge in [0, 0.05) is 11.8 Å². The molecule has 0 amide bonds. The van der Waals surface area contributed by atoms with Crippen molar-refractivity contribution >= 4 is 9.84 Å². The van der Waals surface area contributed by atoms with Gasteiger partial charge in [0.15, 0.2) is 0 Å². The van der Waals surface area contributed by atoms with Crippen molar-refractivity contribution in [3.63, 3.8) is 0 Å². The first-order valence-corrected chi connectivity index (χ1v) is 6.67. The van der Waals surface area contributed by atoms with Gasteiger partial charge in [0.2, 0.25) is 0 Å². The molecule has 80 valence electrons. The Morgan fingerprint density at radius 1 is 1.23 bits per heavy atom. The minimum Gasteiger partial charge on any atom is -0.328 e. The van der Waals surface area contributed by atoms with E-state index in [1.807, 2.05) is 20.8 Å². The summed E-state index contributed by atoms with van der Waals surface area (Å²) in [7, 11) is -2.82. The van der Waals surface area contributed by atoms with Gasteiger partial charge >= 0.3 is 0 Å². The zero-order valence-electron chi connectivity index (χ0n) is 8.79. The van der Waals surface area contributed by atoms with Gasteiger partial charge in [-0.25, -0.2) is 8.42 Å². The topological polar surface area (TPSA) is 60.2 Å². The molecule has 0 aromatic heterocycles. The molecule has 13 heavy (non-hydrogen) atoms. The predicted octanol–water partition coefficient (Wildman–Crippen LogP) is 1.18. The molecular formula is C9H21NO2S. The van der Waals surface area contributed by atoms with Crippen molar-refractivity contribution in [1.82, 2.24) is 0 Å². The zero-order valence-corrected chi connectivity index (χ0v) is 9.60. The van der Waals surface area contributed by atoms with Crippen LogP contribution in [0, 0.1) is 5.92 Å². The maximum Gasteiger partial charge on any atom is 0.150 e. The quantitative estimate of drug-likeness (QED) is 0.711. The van der Waals surface area contributed by atoms with Crippen LogP contribution < -0.4 is 5.73 Å². The van der Waals surface area contributed by atoms with Gasteiger partial charge in [-0.3, -0.25) is 0 Å². The van der Waals surface area contributed by atoms with Crippen molar-refractivity contribution < 1.29 is 8.42 Å². The van der Waals surface area contributed by atoms with Crippen molar-refractivity contribution in [3.8, 4) is 0 Å². The van der Waals surface area contributed by atoms with E-state index in [1.54, 1.807) is 0 Å². The highest BCUT2D eigenvalue weighted by Crippen LogP contribution is 2.08. The van der Waals surface area contributed by atoms with E-state index in [2.05, 4.69) is 0 Å². The molecule has 0 aliphatic heterocycles. The van der Waals surface area contributed by atoms with E-state index in [-0.39, 0.29) is 17.7 Å². The summed E-state index contributed by atoms with van der Waals surface area (Å²) < 4.78 is 22.6. The molecule has 2 atom stereocenters. The molecule has 0 spiro atoms. The lowest BCUT2D eigenvalue weighted by Crippen LogP contribution is -2.26. The van der Waals surface area contributed by atoms with Crippen LogP contribution in [0.25, 0.3) is 0 Å². The smallest absolute Gasteiger partial charge is 0.150 e. The first-order chi connectivity index (χ1) is 5.89. The average Bonchev–Trinajstić information content (AvgIpc) is 2.00. The second kappa shape index (κ2) is 5.60. The lowest BCUT2D eigenvalue weighted by atomic mass is 10.0. The molecule has 0 aromatic rings. The minimum absolute atomic E-state index is 0.0804. The Morgan fingerprint density at radius 2 is 1.77 bits per heavy atom. The SMILES string of the molecule is CCCS(=O)(=O)CCC(C)C(C)N. The lowest BCUT2D eigenvalue weighted by Gasteiger charge is -2.14. The molecule has 0 saturated heterocycles. The van der Waals surface area contributed by atoms with Crippen LogP contribution in [0.2, 0.25) is 0 Å². The molecule has 0 aliphatic carbocycles. The summed E-state index contributed by atoms with van der Waals surface area (Å²) in [5, 5.41) is 0. The fraction of sp³-hybridized carbons (Fsp3) is 1.00. The number of sulfone groups is 1. The summed E-state index contributed by atoms with van der Waals surface area (Å²) in [6.07, 6.45) is 1.38. The van der Waals surface area contributed by atoms with Crippen molar-refractivity contribution in [3.05, 3.63) is 0 Å². The van der Waals surface area contributed by atoms with Gasteiger partial charge in [-0.05, 0) is 25.7 Å². The Morgan fingerprint density at radius 3 is 2.15 bits per heavy atom. The van der Waals surface area contributed by atoms with E-state index in [4.69, 9.17) is 5.73 Å². The van der Waals surface area contributed by atoms with Crippen LogP contribution in [-0.2, 0) is 9.84 Å². The number of rotatable bonds is 6. The van der Waals surface area contributed by atoms with Crippen molar-refractivity contribution in [2.75, 3.05) is 11.5 Å². The summed E-state index contributed by atoms with van der Waals surface area (Å²) in [5.74, 6) is 0.869. The Hall–Kier alpha value is -0.0900. The molecule has 0 aliphatic rings. The lowest BCUT2D eigenvalue weighted by molar-refractivity contribution is 0.467. The Kier molecular flexibility index (Phi) is 5.56. The fourth-order valence-electron chi connectivity index (χ4n) is 1.04. The summed E-state index contributed by atoms with van der Waals surface area (Å²) in [4.78, 5) is 0. The van der Waals surface area contributed by atoms with Gasteiger partial charge in [-0.1, -0.05) is 13.8 Å². The van der Waals surface area contributed by atoms with Crippen LogP contribution in [0.15, 0.2) is 0 Å². The molecule has 0 heterocycles. The number of hydrogen-bond acceptors (Lipinski definition) is 3. The van der Waals surface area contributed by atoms with Gasteiger partial charge in [-0.2, -0.15) is 0 Å². The van der Waals surface area contributed by atoms with Crippen LogP contribution >= 0.6 is 0 Å². The Bertz CT molecular complexity index is 222. The third-order valence-corrected chi connectivity index (χ3v) is 4.18. The van der Waals surface area contributed by atoms with Crippen molar-refractivity contribution in [2.45, 2.75) is 39.7 Å². The molecule has 3 nitrogen and oxygen atoms in total. The second-order valence-electron chi connectivity index (χ2n) is 3.78. The molecule has 0 fully saturated rings. The second-order valence-corrected chi connectivity index (χ2v) is 6.08. The average molecular weight is 207 g/mol. The van der Waals surface area contributed by atoms with Gasteiger partial charge in [0.25, 0.3) is 0 Å². The highest BCUT2D eigenvalue weighted by Gasteiger charge is 2.13. The van der Waals surface area contributed by atoms with Gasteiger partial charge in [0.1, 0.15) is 9.84 Å². The fourth-order valence-corrected chi connectivity index (χ4v) is 2.60. The third kappa shape index (κ3) is 6.05. The maximum atomic E-state index is 11.3. The van der Waals surface area contributed by atoms with Gasteiger partial charge in [0.05, 0.1) is 5.75 Å². The first-order valence-electron chi connectivity index (χ1n) is 4.85. The van der Waals surface area contributed by atoms with E-state index in [0.29, 0.717) is 18.6 Å². The summed E-state index contributed by atoms with van der Waals surface area (Å²) >= 11 is 0. The van der Waals surface area contributed by atoms with Crippen molar-refractivity contribution in [1.29, 1.82) is 0 Å². The zero-order chi connectivity index (χ0) is 10.5. The monoisotopic (exact) mass is 207 g/mol. The first kappa shape index (κ1) is 12.9. The molecular weight excluding hydrogens is 186 g/mol. The summed E-state index contributed by atoms with van der Waals surface area (Å²) in [6.45, 7) is 5.79. The molecule has 4 heteroatoms. The number of hydrogen-bond donors (Lipinski definition) is 1. The Balaban J connectivity index is 3.88. The molecule has 0 aromatic carbocycles. The van der Waals surface area contributed by atoms with Crippen LogP contribution in [0.4, 0.5) is 0 Å². The van der Waals surface area contributed by atoms with Gasteiger partial charge < -0.3 is 5.73 Å². The molecule has 0 bridgehead atoms. The largest absolute Gasteiger partial charge is 0.328 e. The van der Waals surface area contributed by atoms with Crippen LogP contribution in [0.1, 0.15) is 33.6 Å². The minimum atomic E-state index is -2.82. The van der Waals surface area contributed by atoms with Crippen LogP contribution in [0.5, 0.6) is 0 Å². The highest BCUT2D eigenvalue weighted by atomic mass is 32.2. The van der Waals surface area contributed by atoms with Gasteiger partial charge in [-0.15, -0.1) is 0 Å². The van der Waals surface area contributed by atoms with Crippen LogP contribution in [0.3, 0.4) is 0 Å². The number of nitrogens with two attached hydrogens (primary N) is 1. The molecule has 0 saturated carbocycles. The predicted molar refractivity (Wildman–Crippen MR) is 56.4 cm³/mol. The van der Waals surface area contributed by atoms with E-state index < -0.39 is 9.84 Å². The maximum absolute atomic E-state index is 11.3. The molecule has 0 radical (unpaired) electrons. The third-order valence-electron chi connectivity index (χ3n) is 2.30. The highest BCUT2D eigenvalue weighted by molar-refractivity contribution is 7.91.